The highest BCUT2D eigenvalue weighted by Gasteiger charge is 2.19. The molecule has 0 N–H and O–H groups in total. The Hall–Kier alpha value is -7.63. The van der Waals surface area contributed by atoms with Crippen molar-refractivity contribution in [3.63, 3.8) is 0 Å². The maximum Gasteiger partial charge on any atom is 0.164 e. The van der Waals surface area contributed by atoms with Gasteiger partial charge in [-0.3, -0.25) is 0 Å². The van der Waals surface area contributed by atoms with Crippen LogP contribution in [0.4, 0.5) is 0 Å². The summed E-state index contributed by atoms with van der Waals surface area (Å²) in [6.07, 6.45) is 0. The van der Waals surface area contributed by atoms with Gasteiger partial charge in [0.2, 0.25) is 0 Å². The van der Waals surface area contributed by atoms with Gasteiger partial charge in [0.1, 0.15) is 0 Å². The van der Waals surface area contributed by atoms with Crippen LogP contribution < -0.4 is 0 Å². The number of aromatic nitrogens is 5. The Morgan fingerprint density at radius 1 is 0.286 bits per heavy atom. The van der Waals surface area contributed by atoms with E-state index >= 15 is 0 Å². The smallest absolute Gasteiger partial charge is 0.164 e. The second-order valence-electron chi connectivity index (χ2n) is 14.1. The molecule has 0 fully saturated rings. The lowest BCUT2D eigenvalue weighted by atomic mass is 9.98. The second-order valence-corrected chi connectivity index (χ2v) is 14.1. The van der Waals surface area contributed by atoms with Crippen molar-refractivity contribution < 1.29 is 0 Å². The summed E-state index contributed by atoms with van der Waals surface area (Å²) in [5.74, 6) is 1.93. The van der Waals surface area contributed by atoms with E-state index in [1.165, 1.54) is 43.7 Å². The van der Waals surface area contributed by atoms with E-state index in [-0.39, 0.29) is 0 Å². The van der Waals surface area contributed by atoms with Crippen LogP contribution in [0.5, 0.6) is 0 Å². The lowest BCUT2D eigenvalue weighted by Crippen LogP contribution is -2.00. The first-order chi connectivity index (χ1) is 27.8. The lowest BCUT2D eigenvalue weighted by Gasteiger charge is -2.11. The summed E-state index contributed by atoms with van der Waals surface area (Å²) in [6.45, 7) is 0. The van der Waals surface area contributed by atoms with Gasteiger partial charge in [-0.1, -0.05) is 140 Å². The van der Waals surface area contributed by atoms with E-state index in [1.54, 1.807) is 0 Å². The van der Waals surface area contributed by atoms with Crippen LogP contribution >= 0.6 is 0 Å². The molecule has 262 valence electrons. The zero-order chi connectivity index (χ0) is 37.0. The fourth-order valence-electron chi connectivity index (χ4n) is 8.23. The Morgan fingerprint density at radius 3 is 1.38 bits per heavy atom. The normalized spacial score (nSPS) is 11.6. The van der Waals surface area contributed by atoms with E-state index in [9.17, 15) is 0 Å². The van der Waals surface area contributed by atoms with Gasteiger partial charge < -0.3 is 9.13 Å². The first-order valence-corrected chi connectivity index (χ1v) is 18.9. The van der Waals surface area contributed by atoms with Crippen molar-refractivity contribution in [3.05, 3.63) is 200 Å². The molecule has 5 heteroatoms. The van der Waals surface area contributed by atoms with E-state index in [1.807, 2.05) is 60.7 Å². The van der Waals surface area contributed by atoms with Gasteiger partial charge in [-0.2, -0.15) is 0 Å². The molecule has 8 aromatic carbocycles. The van der Waals surface area contributed by atoms with Gasteiger partial charge in [0.25, 0.3) is 0 Å². The first-order valence-electron chi connectivity index (χ1n) is 18.9. The van der Waals surface area contributed by atoms with Crippen molar-refractivity contribution in [2.75, 3.05) is 0 Å². The molecular weight excluding hydrogens is 683 g/mol. The van der Waals surface area contributed by atoms with Gasteiger partial charge >= 0.3 is 0 Å². The summed E-state index contributed by atoms with van der Waals surface area (Å²) in [5.41, 5.74) is 12.1. The largest absolute Gasteiger partial charge is 0.309 e. The molecule has 0 amide bonds. The molecule has 0 saturated heterocycles. The van der Waals surface area contributed by atoms with Gasteiger partial charge in [-0.25, -0.2) is 15.0 Å². The minimum atomic E-state index is 0.636. The standard InChI is InChI=1S/C51H33N5/c1-4-15-34(16-5-1)49-52-50(35-17-6-2-7-18-35)54-51(53-49)36-27-30-39(31-28-36)55-45-25-13-11-22-43(45)48-40(23-14-26-46(48)55)37-29-32-42-41-21-10-12-24-44(41)56(47(42)33-37)38-19-8-3-9-20-38/h1-33H. The van der Waals surface area contributed by atoms with Crippen LogP contribution in [0.2, 0.25) is 0 Å². The van der Waals surface area contributed by atoms with E-state index < -0.39 is 0 Å². The zero-order valence-corrected chi connectivity index (χ0v) is 30.3. The van der Waals surface area contributed by atoms with Crippen LogP contribution in [-0.2, 0) is 0 Å². The Morgan fingerprint density at radius 2 is 0.732 bits per heavy atom. The molecule has 11 rings (SSSR count). The number of hydrogen-bond donors (Lipinski definition) is 0. The SMILES string of the molecule is c1ccc(-c2nc(-c3ccccc3)nc(-c3ccc(-n4c5ccccc5c5c(-c6ccc7c8ccccc8n(-c8ccccc8)c7c6)cccc54)cc3)n2)cc1. The average molecular weight is 716 g/mol. The molecule has 0 bridgehead atoms. The van der Waals surface area contributed by atoms with Crippen LogP contribution in [0.25, 0.3) is 100 Å². The van der Waals surface area contributed by atoms with Gasteiger partial charge in [-0.15, -0.1) is 0 Å². The third-order valence-corrected chi connectivity index (χ3v) is 10.8. The number of rotatable bonds is 6. The molecule has 3 aromatic heterocycles. The van der Waals surface area contributed by atoms with Crippen LogP contribution in [0, 0.1) is 0 Å². The highest BCUT2D eigenvalue weighted by molar-refractivity contribution is 6.17. The number of nitrogens with zero attached hydrogens (tertiary/aromatic N) is 5. The van der Waals surface area contributed by atoms with E-state index in [4.69, 9.17) is 15.0 Å². The average Bonchev–Trinajstić information content (AvgIpc) is 3.80. The van der Waals surface area contributed by atoms with E-state index in [0.29, 0.717) is 17.5 Å². The molecule has 0 aliphatic carbocycles. The van der Waals surface area contributed by atoms with Gasteiger partial charge in [0, 0.05) is 49.6 Å². The fraction of sp³-hybridized carbons (Fsp3) is 0. The summed E-state index contributed by atoms with van der Waals surface area (Å²) < 4.78 is 4.76. The summed E-state index contributed by atoms with van der Waals surface area (Å²) >= 11 is 0. The third kappa shape index (κ3) is 5.21. The molecule has 0 unspecified atom stereocenters. The maximum atomic E-state index is 4.97. The number of para-hydroxylation sites is 3. The third-order valence-electron chi connectivity index (χ3n) is 10.8. The fourth-order valence-corrected chi connectivity index (χ4v) is 8.23. The van der Waals surface area contributed by atoms with Crippen LogP contribution in [-0.4, -0.2) is 24.1 Å². The Bertz CT molecular complexity index is 3160. The topological polar surface area (TPSA) is 48.5 Å². The minimum absolute atomic E-state index is 0.636. The number of fused-ring (bicyclic) bond motifs is 6. The van der Waals surface area contributed by atoms with Crippen molar-refractivity contribution in [3.8, 4) is 56.7 Å². The highest BCUT2D eigenvalue weighted by Crippen LogP contribution is 2.41. The summed E-state index contributed by atoms with van der Waals surface area (Å²) in [5, 5.41) is 4.93. The van der Waals surface area contributed by atoms with Crippen molar-refractivity contribution in [2.45, 2.75) is 0 Å². The molecule has 3 heterocycles. The molecule has 0 saturated carbocycles. The lowest BCUT2D eigenvalue weighted by molar-refractivity contribution is 1.07. The van der Waals surface area contributed by atoms with Gasteiger partial charge in [0.15, 0.2) is 17.5 Å². The predicted octanol–water partition coefficient (Wildman–Crippen LogP) is 12.7. The second kappa shape index (κ2) is 13.0. The highest BCUT2D eigenvalue weighted by atomic mass is 15.0. The summed E-state index contributed by atoms with van der Waals surface area (Å²) in [7, 11) is 0. The number of benzene rings is 8. The van der Waals surface area contributed by atoms with Crippen LogP contribution in [0.1, 0.15) is 0 Å². The molecule has 11 aromatic rings. The molecule has 56 heavy (non-hydrogen) atoms. The van der Waals surface area contributed by atoms with E-state index in [2.05, 4.69) is 149 Å². The molecule has 0 atom stereocenters. The molecule has 0 spiro atoms. The Balaban J connectivity index is 1.06. The Kier molecular flexibility index (Phi) is 7.42. The molecule has 5 nitrogen and oxygen atoms in total. The molecule has 0 aliphatic rings. The Labute approximate surface area is 323 Å². The maximum absolute atomic E-state index is 4.97. The van der Waals surface area contributed by atoms with Crippen molar-refractivity contribution in [2.24, 2.45) is 0 Å². The zero-order valence-electron chi connectivity index (χ0n) is 30.3. The first kappa shape index (κ1) is 31.9. The molecule has 0 radical (unpaired) electrons. The number of hydrogen-bond acceptors (Lipinski definition) is 3. The molecular formula is C51H33N5. The van der Waals surface area contributed by atoms with Crippen LogP contribution in [0.15, 0.2) is 200 Å². The monoisotopic (exact) mass is 715 g/mol. The predicted molar refractivity (Wildman–Crippen MR) is 230 cm³/mol. The van der Waals surface area contributed by atoms with Crippen molar-refractivity contribution >= 4 is 43.6 Å². The van der Waals surface area contributed by atoms with Gasteiger partial charge in [0.05, 0.1) is 22.1 Å². The summed E-state index contributed by atoms with van der Waals surface area (Å²) in [6, 6.07) is 70.4. The van der Waals surface area contributed by atoms with Crippen molar-refractivity contribution in [1.82, 2.24) is 24.1 Å². The minimum Gasteiger partial charge on any atom is -0.309 e. The van der Waals surface area contributed by atoms with Gasteiger partial charge in [-0.05, 0) is 71.8 Å². The summed E-state index contributed by atoms with van der Waals surface area (Å²) in [4.78, 5) is 14.8. The van der Waals surface area contributed by atoms with E-state index in [0.717, 1.165) is 39.1 Å². The molecule has 0 aliphatic heterocycles. The quantitative estimate of drug-likeness (QED) is 0.172. The van der Waals surface area contributed by atoms with Crippen LogP contribution in [0.3, 0.4) is 0 Å². The van der Waals surface area contributed by atoms with Crippen molar-refractivity contribution in [1.29, 1.82) is 0 Å².